The Labute approximate surface area is 246 Å². The van der Waals surface area contributed by atoms with E-state index in [-0.39, 0.29) is 16.9 Å². The Hall–Kier alpha value is -3.02. The Bertz CT molecular complexity index is 1240. The number of aryl methyl sites for hydroxylation is 2. The molecule has 0 spiro atoms. The SMILES string of the molecule is CCN(CCNC(=O)Nc1cc(Cl)ccc1CCc1cc(C(C)(C)C)c(O)c(C(C)(C)C)c1)Cc1ccccc1. The summed E-state index contributed by atoms with van der Waals surface area (Å²) in [5.74, 6) is 0.389. The Kier molecular flexibility index (Phi) is 10.7. The lowest BCUT2D eigenvalue weighted by Gasteiger charge is -2.28. The van der Waals surface area contributed by atoms with E-state index >= 15 is 0 Å². The number of anilines is 1. The highest BCUT2D eigenvalue weighted by Gasteiger charge is 2.26. The lowest BCUT2D eigenvalue weighted by Crippen LogP contribution is -2.36. The largest absolute Gasteiger partial charge is 0.507 e. The number of rotatable bonds is 10. The summed E-state index contributed by atoms with van der Waals surface area (Å²) in [6, 6.07) is 20.0. The van der Waals surface area contributed by atoms with E-state index in [2.05, 4.69) is 88.3 Å². The van der Waals surface area contributed by atoms with E-state index in [0.29, 0.717) is 23.0 Å². The van der Waals surface area contributed by atoms with Crippen molar-refractivity contribution in [2.24, 2.45) is 0 Å². The molecular formula is C34H46ClN3O2. The molecule has 0 atom stereocenters. The number of carbonyl (C=O) groups excluding carboxylic acids is 1. The number of phenolic OH excluding ortho intramolecular Hbond substituents is 1. The first kappa shape index (κ1) is 31.5. The maximum Gasteiger partial charge on any atom is 0.319 e. The molecule has 0 aliphatic carbocycles. The number of benzene rings is 3. The maximum atomic E-state index is 12.8. The van der Waals surface area contributed by atoms with Gasteiger partial charge in [0.2, 0.25) is 0 Å². The van der Waals surface area contributed by atoms with Gasteiger partial charge in [-0.25, -0.2) is 4.79 Å². The third kappa shape index (κ3) is 9.00. The highest BCUT2D eigenvalue weighted by molar-refractivity contribution is 6.31. The van der Waals surface area contributed by atoms with Crippen LogP contribution in [0.2, 0.25) is 5.02 Å². The van der Waals surface area contributed by atoms with Gasteiger partial charge in [-0.15, -0.1) is 0 Å². The number of amides is 2. The highest BCUT2D eigenvalue weighted by Crippen LogP contribution is 2.40. The molecule has 3 N–H and O–H groups in total. The number of halogens is 1. The predicted octanol–water partition coefficient (Wildman–Crippen LogP) is 8.07. The zero-order valence-electron chi connectivity index (χ0n) is 25.2. The minimum Gasteiger partial charge on any atom is -0.507 e. The average molecular weight is 564 g/mol. The van der Waals surface area contributed by atoms with E-state index in [9.17, 15) is 9.90 Å². The first-order chi connectivity index (χ1) is 18.8. The van der Waals surface area contributed by atoms with Crippen LogP contribution in [0.1, 0.15) is 76.3 Å². The number of aromatic hydroxyl groups is 1. The molecule has 3 aromatic rings. The summed E-state index contributed by atoms with van der Waals surface area (Å²) in [7, 11) is 0. The number of urea groups is 1. The van der Waals surface area contributed by atoms with Crippen LogP contribution < -0.4 is 10.6 Å². The minimum atomic E-state index is -0.242. The van der Waals surface area contributed by atoms with Gasteiger partial charge in [-0.1, -0.05) is 109 Å². The monoisotopic (exact) mass is 563 g/mol. The predicted molar refractivity (Wildman–Crippen MR) is 169 cm³/mol. The molecule has 216 valence electrons. The molecule has 0 unspecified atom stereocenters. The number of carbonyl (C=O) groups is 1. The van der Waals surface area contributed by atoms with Crippen molar-refractivity contribution in [2.75, 3.05) is 25.0 Å². The summed E-state index contributed by atoms with van der Waals surface area (Å²) in [6.45, 7) is 17.9. The van der Waals surface area contributed by atoms with Crippen LogP contribution in [0.3, 0.4) is 0 Å². The van der Waals surface area contributed by atoms with Gasteiger partial charge in [0.1, 0.15) is 5.75 Å². The van der Waals surface area contributed by atoms with Gasteiger partial charge in [0, 0.05) is 30.3 Å². The summed E-state index contributed by atoms with van der Waals surface area (Å²) in [5, 5.41) is 17.7. The molecule has 0 radical (unpaired) electrons. The van der Waals surface area contributed by atoms with E-state index in [4.69, 9.17) is 11.6 Å². The quantitative estimate of drug-likeness (QED) is 0.234. The average Bonchev–Trinajstić information content (AvgIpc) is 2.87. The van der Waals surface area contributed by atoms with Gasteiger partial charge in [0.25, 0.3) is 0 Å². The molecule has 6 heteroatoms. The van der Waals surface area contributed by atoms with Crippen LogP contribution in [-0.2, 0) is 30.2 Å². The normalized spacial score (nSPS) is 12.0. The highest BCUT2D eigenvalue weighted by atomic mass is 35.5. The smallest absolute Gasteiger partial charge is 0.319 e. The lowest BCUT2D eigenvalue weighted by molar-refractivity contribution is 0.245. The zero-order chi connectivity index (χ0) is 29.5. The molecule has 40 heavy (non-hydrogen) atoms. The second-order valence-electron chi connectivity index (χ2n) is 12.6. The van der Waals surface area contributed by atoms with E-state index in [1.54, 1.807) is 0 Å². The summed E-state index contributed by atoms with van der Waals surface area (Å²) >= 11 is 6.31. The third-order valence-corrected chi connectivity index (χ3v) is 7.43. The van der Waals surface area contributed by atoms with Crippen molar-refractivity contribution in [1.82, 2.24) is 10.2 Å². The van der Waals surface area contributed by atoms with Crippen LogP contribution in [0, 0.1) is 0 Å². The van der Waals surface area contributed by atoms with Crippen molar-refractivity contribution in [1.29, 1.82) is 0 Å². The van der Waals surface area contributed by atoms with E-state index < -0.39 is 0 Å². The number of nitrogens with zero attached hydrogens (tertiary/aromatic N) is 1. The molecule has 0 saturated carbocycles. The molecule has 5 nitrogen and oxygen atoms in total. The van der Waals surface area contributed by atoms with Gasteiger partial charge in [0.15, 0.2) is 0 Å². The molecule has 0 aliphatic rings. The van der Waals surface area contributed by atoms with Crippen LogP contribution in [0.4, 0.5) is 10.5 Å². The molecule has 2 amide bonds. The zero-order valence-corrected chi connectivity index (χ0v) is 26.0. The summed E-state index contributed by atoms with van der Waals surface area (Å²) < 4.78 is 0. The van der Waals surface area contributed by atoms with Gasteiger partial charge >= 0.3 is 6.03 Å². The Morgan fingerprint density at radius 2 is 1.50 bits per heavy atom. The molecule has 0 heterocycles. The fraction of sp³-hybridized carbons (Fsp3) is 0.441. The van der Waals surface area contributed by atoms with Gasteiger partial charge in [-0.3, -0.25) is 4.90 Å². The van der Waals surface area contributed by atoms with Gasteiger partial charge in [-0.2, -0.15) is 0 Å². The fourth-order valence-electron chi connectivity index (χ4n) is 4.83. The lowest BCUT2D eigenvalue weighted by atomic mass is 9.78. The van der Waals surface area contributed by atoms with Crippen molar-refractivity contribution in [3.8, 4) is 5.75 Å². The third-order valence-electron chi connectivity index (χ3n) is 7.20. The molecule has 0 fully saturated rings. The summed E-state index contributed by atoms with van der Waals surface area (Å²) in [4.78, 5) is 15.1. The van der Waals surface area contributed by atoms with Gasteiger partial charge in [0.05, 0.1) is 0 Å². The van der Waals surface area contributed by atoms with Crippen molar-refractivity contribution < 1.29 is 9.90 Å². The molecule has 0 aromatic heterocycles. The number of phenols is 1. The van der Waals surface area contributed by atoms with Gasteiger partial charge < -0.3 is 15.7 Å². The minimum absolute atomic E-state index is 0.181. The van der Waals surface area contributed by atoms with Crippen LogP contribution in [0.15, 0.2) is 60.7 Å². The van der Waals surface area contributed by atoms with Crippen LogP contribution in [0.5, 0.6) is 5.75 Å². The second-order valence-corrected chi connectivity index (χ2v) is 13.0. The van der Waals surface area contributed by atoms with E-state index in [1.807, 2.05) is 36.4 Å². The van der Waals surface area contributed by atoms with Crippen LogP contribution in [0.25, 0.3) is 0 Å². The van der Waals surface area contributed by atoms with Crippen molar-refractivity contribution in [3.05, 3.63) is 93.5 Å². The summed E-state index contributed by atoms with van der Waals surface area (Å²) in [5.41, 5.74) is 5.70. The number of nitrogens with one attached hydrogen (secondary N) is 2. The van der Waals surface area contributed by atoms with E-state index in [1.165, 1.54) is 5.56 Å². The van der Waals surface area contributed by atoms with E-state index in [0.717, 1.165) is 54.7 Å². The van der Waals surface area contributed by atoms with Gasteiger partial charge in [-0.05, 0) is 70.2 Å². The topological polar surface area (TPSA) is 64.6 Å². The Balaban J connectivity index is 1.67. The molecule has 0 bridgehead atoms. The van der Waals surface area contributed by atoms with Crippen LogP contribution in [-0.4, -0.2) is 35.7 Å². The molecule has 0 saturated heterocycles. The number of hydrogen-bond acceptors (Lipinski definition) is 3. The summed E-state index contributed by atoms with van der Waals surface area (Å²) in [6.07, 6.45) is 1.50. The Morgan fingerprint density at radius 3 is 2.08 bits per heavy atom. The van der Waals surface area contributed by atoms with Crippen molar-refractivity contribution in [2.45, 2.75) is 78.7 Å². The molecule has 0 aliphatic heterocycles. The molecular weight excluding hydrogens is 518 g/mol. The standard InChI is InChI=1S/C34H46ClN3O2/c1-8-38(23-24-12-10-9-11-13-24)19-18-36-32(40)37-30-22-27(35)17-16-26(30)15-14-25-20-28(33(2,3)4)31(39)29(21-25)34(5,6)7/h9-13,16-17,20-22,39H,8,14-15,18-19,23H2,1-7H3,(H2,36,37,40). The second kappa shape index (κ2) is 13.6. The Morgan fingerprint density at radius 1 is 0.875 bits per heavy atom. The van der Waals surface area contributed by atoms with Crippen LogP contribution >= 0.6 is 11.6 Å². The first-order valence-electron chi connectivity index (χ1n) is 14.2. The van der Waals surface area contributed by atoms with Crippen molar-refractivity contribution >= 4 is 23.3 Å². The fourth-order valence-corrected chi connectivity index (χ4v) is 5.00. The number of likely N-dealkylation sites (N-methyl/N-ethyl adjacent to an activating group) is 1. The van der Waals surface area contributed by atoms with Crippen molar-refractivity contribution in [3.63, 3.8) is 0 Å². The first-order valence-corrected chi connectivity index (χ1v) is 14.6. The number of hydrogen-bond donors (Lipinski definition) is 3. The maximum absolute atomic E-state index is 12.8. The molecule has 3 rings (SSSR count). The molecule has 3 aromatic carbocycles.